The quantitative estimate of drug-likeness (QED) is 0.376. The molecular formula is C29H30N2O3S. The Morgan fingerprint density at radius 2 is 1.74 bits per heavy atom. The highest BCUT2D eigenvalue weighted by Crippen LogP contribution is 2.41. The smallest absolute Gasteiger partial charge is 0.344 e. The molecule has 3 aromatic rings. The van der Waals surface area contributed by atoms with Crippen LogP contribution in [0.15, 0.2) is 75.8 Å². The zero-order valence-corrected chi connectivity index (χ0v) is 21.6. The molecule has 0 radical (unpaired) electrons. The van der Waals surface area contributed by atoms with E-state index < -0.39 is 5.97 Å². The van der Waals surface area contributed by atoms with Crippen LogP contribution in [-0.4, -0.2) is 27.3 Å². The molecule has 0 atom stereocenters. The molecule has 0 unspecified atom stereocenters. The van der Waals surface area contributed by atoms with Crippen molar-refractivity contribution in [1.82, 2.24) is 4.57 Å². The van der Waals surface area contributed by atoms with E-state index >= 15 is 0 Å². The van der Waals surface area contributed by atoms with Gasteiger partial charge in [0.2, 0.25) is 0 Å². The largest absolute Gasteiger partial charge is 0.506 e. The average Bonchev–Trinajstić information content (AvgIpc) is 3.30. The van der Waals surface area contributed by atoms with Crippen molar-refractivity contribution in [2.24, 2.45) is 4.99 Å². The standard InChI is InChI=1S/C29H30N2O3S/c1-6-21-10-14-24(15-11-21)31-19(4)16-22(20(31)5)17-25-27(32)26(29(33)34-7-2)28(35-25)30-23-12-8-18(3)9-13-23/h8-17,32H,6-7H2,1-5H3/b25-17-,30-28?. The minimum Gasteiger partial charge on any atom is -0.506 e. The van der Waals surface area contributed by atoms with Crippen LogP contribution in [0.3, 0.4) is 0 Å². The maximum Gasteiger partial charge on any atom is 0.344 e. The van der Waals surface area contributed by atoms with E-state index in [0.717, 1.165) is 34.6 Å². The summed E-state index contributed by atoms with van der Waals surface area (Å²) in [4.78, 5) is 17.9. The number of esters is 1. The number of rotatable bonds is 6. The summed E-state index contributed by atoms with van der Waals surface area (Å²) in [5, 5.41) is 11.5. The fourth-order valence-electron chi connectivity index (χ4n) is 4.08. The molecule has 5 nitrogen and oxygen atoms in total. The average molecular weight is 487 g/mol. The van der Waals surface area contributed by atoms with Crippen LogP contribution in [0.4, 0.5) is 5.69 Å². The maximum absolute atomic E-state index is 12.7. The summed E-state index contributed by atoms with van der Waals surface area (Å²) in [6.45, 7) is 10.2. The predicted molar refractivity (Wildman–Crippen MR) is 145 cm³/mol. The molecule has 4 rings (SSSR count). The Labute approximate surface area is 210 Å². The summed E-state index contributed by atoms with van der Waals surface area (Å²) in [7, 11) is 0. The van der Waals surface area contributed by atoms with Gasteiger partial charge in [-0.2, -0.15) is 0 Å². The van der Waals surface area contributed by atoms with Gasteiger partial charge < -0.3 is 14.4 Å². The third kappa shape index (κ3) is 5.13. The summed E-state index contributed by atoms with van der Waals surface area (Å²) in [5.74, 6) is -0.676. The van der Waals surface area contributed by atoms with E-state index in [1.54, 1.807) is 6.92 Å². The lowest BCUT2D eigenvalue weighted by atomic mass is 10.1. The van der Waals surface area contributed by atoms with E-state index in [4.69, 9.17) is 4.74 Å². The lowest BCUT2D eigenvalue weighted by molar-refractivity contribution is -0.138. The molecule has 0 spiro atoms. The number of carbonyl (C=O) groups excluding carboxylic acids is 1. The fourth-order valence-corrected chi connectivity index (χ4v) is 5.11. The SMILES string of the molecule is CCOC(=O)C1=C(O)/C(=C/c2cc(C)n(-c3ccc(CC)cc3)c2C)SC1=Nc1ccc(C)cc1. The van der Waals surface area contributed by atoms with Gasteiger partial charge in [-0.15, -0.1) is 0 Å². The lowest BCUT2D eigenvalue weighted by Crippen LogP contribution is -2.12. The Bertz CT molecular complexity index is 1340. The fraction of sp³-hybridized carbons (Fsp3) is 0.241. The van der Waals surface area contributed by atoms with E-state index in [2.05, 4.69) is 60.7 Å². The summed E-state index contributed by atoms with van der Waals surface area (Å²) in [5.41, 5.74) is 7.43. The summed E-state index contributed by atoms with van der Waals surface area (Å²) in [6.07, 6.45) is 2.91. The van der Waals surface area contributed by atoms with Crippen LogP contribution in [0.2, 0.25) is 0 Å². The first kappa shape index (κ1) is 24.6. The molecule has 0 fully saturated rings. The van der Waals surface area contributed by atoms with Crippen molar-refractivity contribution in [3.05, 3.63) is 98.9 Å². The van der Waals surface area contributed by atoms with E-state index in [9.17, 15) is 9.90 Å². The predicted octanol–water partition coefficient (Wildman–Crippen LogP) is 7.16. The van der Waals surface area contributed by atoms with Gasteiger partial charge >= 0.3 is 5.97 Å². The number of ether oxygens (including phenoxy) is 1. The maximum atomic E-state index is 12.7. The highest BCUT2D eigenvalue weighted by molar-refractivity contribution is 8.18. The number of hydrogen-bond acceptors (Lipinski definition) is 5. The van der Waals surface area contributed by atoms with Gasteiger partial charge in [0.1, 0.15) is 16.4 Å². The van der Waals surface area contributed by atoms with Crippen molar-refractivity contribution in [2.75, 3.05) is 6.61 Å². The van der Waals surface area contributed by atoms with Crippen molar-refractivity contribution in [1.29, 1.82) is 0 Å². The highest BCUT2D eigenvalue weighted by Gasteiger charge is 2.33. The number of aliphatic hydroxyl groups excluding tert-OH is 1. The van der Waals surface area contributed by atoms with Gasteiger partial charge in [0.15, 0.2) is 0 Å². The van der Waals surface area contributed by atoms with Crippen molar-refractivity contribution in [3.8, 4) is 5.69 Å². The second kappa shape index (κ2) is 10.4. The molecule has 0 bridgehead atoms. The third-order valence-electron chi connectivity index (χ3n) is 5.99. The Hall–Kier alpha value is -3.51. The zero-order chi connectivity index (χ0) is 25.1. The minimum absolute atomic E-state index is 0.101. The normalized spacial score (nSPS) is 15.9. The topological polar surface area (TPSA) is 63.8 Å². The van der Waals surface area contributed by atoms with Gasteiger partial charge in [0.25, 0.3) is 0 Å². The van der Waals surface area contributed by atoms with Gasteiger partial charge in [-0.05, 0) is 81.7 Å². The van der Waals surface area contributed by atoms with Gasteiger partial charge in [-0.1, -0.05) is 48.5 Å². The first-order valence-corrected chi connectivity index (χ1v) is 12.6. The number of thioether (sulfide) groups is 1. The lowest BCUT2D eigenvalue weighted by Gasteiger charge is -2.10. The number of nitrogens with zero attached hydrogens (tertiary/aromatic N) is 2. The van der Waals surface area contributed by atoms with Gasteiger partial charge in [0.05, 0.1) is 17.2 Å². The number of aliphatic imine (C=N–C) groups is 1. The first-order valence-electron chi connectivity index (χ1n) is 11.8. The monoisotopic (exact) mass is 486 g/mol. The molecule has 6 heteroatoms. The Morgan fingerprint density at radius 1 is 1.06 bits per heavy atom. The van der Waals surface area contributed by atoms with Crippen LogP contribution in [0.25, 0.3) is 11.8 Å². The second-order valence-electron chi connectivity index (χ2n) is 8.49. The van der Waals surface area contributed by atoms with Crippen LogP contribution in [0, 0.1) is 20.8 Å². The summed E-state index contributed by atoms with van der Waals surface area (Å²) in [6, 6.07) is 18.3. The van der Waals surface area contributed by atoms with Crippen LogP contribution in [0.5, 0.6) is 0 Å². The molecule has 0 aliphatic carbocycles. The molecule has 180 valence electrons. The molecule has 2 aromatic carbocycles. The zero-order valence-electron chi connectivity index (χ0n) is 20.8. The van der Waals surface area contributed by atoms with Crippen molar-refractivity contribution < 1.29 is 14.6 Å². The van der Waals surface area contributed by atoms with E-state index in [1.165, 1.54) is 17.3 Å². The van der Waals surface area contributed by atoms with Crippen molar-refractivity contribution in [2.45, 2.75) is 41.0 Å². The van der Waals surface area contributed by atoms with E-state index in [-0.39, 0.29) is 17.9 Å². The van der Waals surface area contributed by atoms with Gasteiger partial charge in [0, 0.05) is 17.1 Å². The summed E-state index contributed by atoms with van der Waals surface area (Å²) >= 11 is 1.28. The van der Waals surface area contributed by atoms with Crippen LogP contribution >= 0.6 is 11.8 Å². The Balaban J connectivity index is 1.75. The van der Waals surface area contributed by atoms with Crippen LogP contribution < -0.4 is 0 Å². The number of aryl methyl sites for hydroxylation is 3. The van der Waals surface area contributed by atoms with Gasteiger partial charge in [-0.3, -0.25) is 0 Å². The number of carbonyl (C=O) groups is 1. The number of hydrogen-bond donors (Lipinski definition) is 1. The van der Waals surface area contributed by atoms with Gasteiger partial charge in [-0.25, -0.2) is 9.79 Å². The van der Waals surface area contributed by atoms with Crippen molar-refractivity contribution >= 4 is 34.5 Å². The summed E-state index contributed by atoms with van der Waals surface area (Å²) < 4.78 is 7.42. The molecule has 1 aliphatic rings. The van der Waals surface area contributed by atoms with Crippen LogP contribution in [-0.2, 0) is 16.0 Å². The molecule has 1 aromatic heterocycles. The molecule has 0 saturated carbocycles. The molecular weight excluding hydrogens is 456 g/mol. The number of aliphatic hydroxyl groups is 1. The molecule has 0 amide bonds. The molecule has 1 aliphatic heterocycles. The van der Waals surface area contributed by atoms with E-state index in [1.807, 2.05) is 37.3 Å². The van der Waals surface area contributed by atoms with E-state index in [0.29, 0.717) is 15.6 Å². The minimum atomic E-state index is -0.576. The number of benzene rings is 2. The highest BCUT2D eigenvalue weighted by atomic mass is 32.2. The molecule has 35 heavy (non-hydrogen) atoms. The molecule has 2 heterocycles. The van der Waals surface area contributed by atoms with Crippen LogP contribution in [0.1, 0.15) is 41.9 Å². The second-order valence-corrected chi connectivity index (χ2v) is 9.52. The molecule has 1 N–H and O–H groups in total. The third-order valence-corrected chi connectivity index (χ3v) is 7.01. The first-order chi connectivity index (χ1) is 16.8. The Kier molecular flexibility index (Phi) is 7.31. The number of aromatic nitrogens is 1. The Morgan fingerprint density at radius 3 is 2.37 bits per heavy atom. The van der Waals surface area contributed by atoms with Crippen molar-refractivity contribution in [3.63, 3.8) is 0 Å². The molecule has 0 saturated heterocycles.